The highest BCUT2D eigenvalue weighted by atomic mass is 16.5. The lowest BCUT2D eigenvalue weighted by Crippen LogP contribution is -2.14. The van der Waals surface area contributed by atoms with Gasteiger partial charge in [-0.3, -0.25) is 5.10 Å². The van der Waals surface area contributed by atoms with Crippen molar-refractivity contribution in [3.8, 4) is 11.5 Å². The molecule has 0 saturated carbocycles. The number of rotatable bonds is 6. The molecule has 0 radical (unpaired) electrons. The van der Waals surface area contributed by atoms with Gasteiger partial charge in [-0.25, -0.2) is 4.98 Å². The number of aromatic nitrogens is 3. The Kier molecular flexibility index (Phi) is 4.57. The molecule has 0 aliphatic carbocycles. The quantitative estimate of drug-likeness (QED) is 0.842. The lowest BCUT2D eigenvalue weighted by Gasteiger charge is -2.14. The fourth-order valence-electron chi connectivity index (χ4n) is 1.91. The molecule has 0 amide bonds. The van der Waals surface area contributed by atoms with Crippen molar-refractivity contribution in [1.82, 2.24) is 15.2 Å². The van der Waals surface area contributed by atoms with Crippen molar-refractivity contribution in [2.75, 3.05) is 13.2 Å². The average molecular weight is 276 g/mol. The lowest BCUT2D eigenvalue weighted by molar-refractivity contribution is 0.287. The van der Waals surface area contributed by atoms with Gasteiger partial charge in [0.1, 0.15) is 5.82 Å². The number of hydrogen-bond donors (Lipinski definition) is 2. The predicted octanol–water partition coefficient (Wildman–Crippen LogP) is 1.96. The van der Waals surface area contributed by atoms with Gasteiger partial charge in [0.25, 0.3) is 0 Å². The Morgan fingerprint density at radius 1 is 1.20 bits per heavy atom. The van der Waals surface area contributed by atoms with Crippen LogP contribution in [0.15, 0.2) is 18.2 Å². The van der Waals surface area contributed by atoms with Gasteiger partial charge in [0.05, 0.1) is 19.3 Å². The second kappa shape index (κ2) is 6.38. The van der Waals surface area contributed by atoms with Crippen LogP contribution in [0.1, 0.15) is 37.1 Å². The van der Waals surface area contributed by atoms with Crippen LogP contribution in [0.2, 0.25) is 0 Å². The molecule has 1 heterocycles. The second-order valence-corrected chi connectivity index (χ2v) is 4.33. The highest BCUT2D eigenvalue weighted by Gasteiger charge is 2.16. The number of nitrogens with two attached hydrogens (primary N) is 1. The van der Waals surface area contributed by atoms with Crippen molar-refractivity contribution in [3.05, 3.63) is 35.4 Å². The molecule has 108 valence electrons. The standard InChI is InChI=1S/C14H20N4O2/c1-4-19-11-7-6-10(8-12(11)20-5-2)13(15)14-16-9(3)17-18-14/h6-8,13H,4-5,15H2,1-3H3,(H,16,17,18)/t13-/m1/s1. The molecule has 6 heteroatoms. The minimum Gasteiger partial charge on any atom is -0.490 e. The van der Waals surface area contributed by atoms with Crippen LogP contribution in [0.5, 0.6) is 11.5 Å². The molecule has 0 spiro atoms. The summed E-state index contributed by atoms with van der Waals surface area (Å²) < 4.78 is 11.1. The molecule has 1 atom stereocenters. The third-order valence-electron chi connectivity index (χ3n) is 2.82. The molecule has 0 unspecified atom stereocenters. The fourth-order valence-corrected chi connectivity index (χ4v) is 1.91. The summed E-state index contributed by atoms with van der Waals surface area (Å²) in [5.74, 6) is 2.71. The van der Waals surface area contributed by atoms with Crippen molar-refractivity contribution in [3.63, 3.8) is 0 Å². The fraction of sp³-hybridized carbons (Fsp3) is 0.429. The minimum atomic E-state index is -0.394. The molecule has 0 aliphatic rings. The SMILES string of the molecule is CCOc1ccc([C@@H](N)c2n[nH]c(C)n2)cc1OCC. The Bertz CT molecular complexity index is 568. The van der Waals surface area contributed by atoms with E-state index in [2.05, 4.69) is 15.2 Å². The van der Waals surface area contributed by atoms with Gasteiger partial charge in [-0.05, 0) is 38.5 Å². The normalized spacial score (nSPS) is 12.2. The molecule has 6 nitrogen and oxygen atoms in total. The number of benzene rings is 1. The average Bonchev–Trinajstić information content (AvgIpc) is 2.87. The summed E-state index contributed by atoms with van der Waals surface area (Å²) in [5.41, 5.74) is 7.06. The summed E-state index contributed by atoms with van der Waals surface area (Å²) in [4.78, 5) is 4.26. The van der Waals surface area contributed by atoms with E-state index in [0.29, 0.717) is 24.8 Å². The Labute approximate surface area is 118 Å². The van der Waals surface area contributed by atoms with Gasteiger partial charge in [0.2, 0.25) is 0 Å². The van der Waals surface area contributed by atoms with E-state index in [-0.39, 0.29) is 0 Å². The highest BCUT2D eigenvalue weighted by Crippen LogP contribution is 2.31. The summed E-state index contributed by atoms with van der Waals surface area (Å²) >= 11 is 0. The van der Waals surface area contributed by atoms with Gasteiger partial charge in [-0.1, -0.05) is 6.07 Å². The largest absolute Gasteiger partial charge is 0.490 e. The Morgan fingerprint density at radius 3 is 2.50 bits per heavy atom. The maximum atomic E-state index is 6.18. The van der Waals surface area contributed by atoms with E-state index >= 15 is 0 Å². The number of aromatic amines is 1. The first-order chi connectivity index (χ1) is 9.65. The van der Waals surface area contributed by atoms with Crippen LogP contribution in [0, 0.1) is 6.92 Å². The van der Waals surface area contributed by atoms with Crippen LogP contribution in [-0.2, 0) is 0 Å². The van der Waals surface area contributed by atoms with E-state index in [1.807, 2.05) is 39.0 Å². The first-order valence-corrected chi connectivity index (χ1v) is 6.69. The summed E-state index contributed by atoms with van der Waals surface area (Å²) in [5, 5.41) is 6.89. The topological polar surface area (TPSA) is 86.0 Å². The summed E-state index contributed by atoms with van der Waals surface area (Å²) in [6.07, 6.45) is 0. The van der Waals surface area contributed by atoms with E-state index in [4.69, 9.17) is 15.2 Å². The van der Waals surface area contributed by atoms with Crippen molar-refractivity contribution >= 4 is 0 Å². The monoisotopic (exact) mass is 276 g/mol. The molecule has 2 rings (SSSR count). The zero-order chi connectivity index (χ0) is 14.5. The molecule has 0 aliphatic heterocycles. The van der Waals surface area contributed by atoms with Gasteiger partial charge >= 0.3 is 0 Å². The van der Waals surface area contributed by atoms with Crippen LogP contribution in [0.25, 0.3) is 0 Å². The van der Waals surface area contributed by atoms with Crippen molar-refractivity contribution < 1.29 is 9.47 Å². The molecule has 1 aromatic carbocycles. The van der Waals surface area contributed by atoms with Crippen LogP contribution in [-0.4, -0.2) is 28.4 Å². The van der Waals surface area contributed by atoms with Crippen molar-refractivity contribution in [1.29, 1.82) is 0 Å². The smallest absolute Gasteiger partial charge is 0.171 e. The molecule has 20 heavy (non-hydrogen) atoms. The maximum Gasteiger partial charge on any atom is 0.171 e. The van der Waals surface area contributed by atoms with Crippen LogP contribution < -0.4 is 15.2 Å². The zero-order valence-electron chi connectivity index (χ0n) is 12.0. The second-order valence-electron chi connectivity index (χ2n) is 4.33. The van der Waals surface area contributed by atoms with E-state index in [1.165, 1.54) is 0 Å². The maximum absolute atomic E-state index is 6.18. The number of hydrogen-bond acceptors (Lipinski definition) is 5. The lowest BCUT2D eigenvalue weighted by atomic mass is 10.1. The third kappa shape index (κ3) is 3.08. The van der Waals surface area contributed by atoms with Crippen molar-refractivity contribution in [2.45, 2.75) is 26.8 Å². The molecular formula is C14H20N4O2. The predicted molar refractivity (Wildman–Crippen MR) is 75.9 cm³/mol. The van der Waals surface area contributed by atoms with E-state index in [9.17, 15) is 0 Å². The molecular weight excluding hydrogens is 256 g/mol. The highest BCUT2D eigenvalue weighted by molar-refractivity contribution is 5.44. The van der Waals surface area contributed by atoms with Crippen molar-refractivity contribution in [2.24, 2.45) is 5.73 Å². The van der Waals surface area contributed by atoms with Gasteiger partial charge in [0, 0.05) is 0 Å². The summed E-state index contributed by atoms with van der Waals surface area (Å²) in [7, 11) is 0. The van der Waals surface area contributed by atoms with Gasteiger partial charge < -0.3 is 15.2 Å². The number of ether oxygens (including phenoxy) is 2. The molecule has 0 bridgehead atoms. The van der Waals surface area contributed by atoms with E-state index in [0.717, 1.165) is 17.1 Å². The third-order valence-corrected chi connectivity index (χ3v) is 2.82. The number of nitrogens with zero attached hydrogens (tertiary/aromatic N) is 2. The van der Waals surface area contributed by atoms with Crippen LogP contribution in [0.4, 0.5) is 0 Å². The Balaban J connectivity index is 2.29. The first kappa shape index (κ1) is 14.3. The van der Waals surface area contributed by atoms with Gasteiger partial charge in [-0.15, -0.1) is 0 Å². The first-order valence-electron chi connectivity index (χ1n) is 6.69. The van der Waals surface area contributed by atoms with E-state index < -0.39 is 6.04 Å². The van der Waals surface area contributed by atoms with Gasteiger partial charge in [0.15, 0.2) is 17.3 Å². The number of nitrogens with one attached hydrogen (secondary N) is 1. The molecule has 3 N–H and O–H groups in total. The number of H-pyrrole nitrogens is 1. The Morgan fingerprint density at radius 2 is 1.90 bits per heavy atom. The number of aryl methyl sites for hydroxylation is 1. The van der Waals surface area contributed by atoms with Crippen LogP contribution in [0.3, 0.4) is 0 Å². The molecule has 1 aromatic heterocycles. The van der Waals surface area contributed by atoms with E-state index in [1.54, 1.807) is 0 Å². The molecule has 0 fully saturated rings. The van der Waals surface area contributed by atoms with Crippen LogP contribution >= 0.6 is 0 Å². The minimum absolute atomic E-state index is 0.394. The Hall–Kier alpha value is -2.08. The van der Waals surface area contributed by atoms with Gasteiger partial charge in [-0.2, -0.15) is 5.10 Å². The summed E-state index contributed by atoms with van der Waals surface area (Å²) in [6, 6.07) is 5.26. The summed E-state index contributed by atoms with van der Waals surface area (Å²) in [6.45, 7) is 6.86. The molecule has 0 saturated heterocycles. The zero-order valence-corrected chi connectivity index (χ0v) is 12.0. The molecule has 2 aromatic rings.